The van der Waals surface area contributed by atoms with E-state index < -0.39 is 11.8 Å². The highest BCUT2D eigenvalue weighted by molar-refractivity contribution is 5.97. The number of H-pyrrole nitrogens is 1. The Labute approximate surface area is 160 Å². The van der Waals surface area contributed by atoms with E-state index in [2.05, 4.69) is 26.1 Å². The zero-order valence-electron chi connectivity index (χ0n) is 15.3. The van der Waals surface area contributed by atoms with Crippen LogP contribution in [0.15, 0.2) is 53.3 Å². The summed E-state index contributed by atoms with van der Waals surface area (Å²) in [5.74, 6) is -1.18. The second-order valence-electron chi connectivity index (χ2n) is 6.07. The van der Waals surface area contributed by atoms with E-state index in [9.17, 15) is 14.4 Å². The number of nitrogens with one attached hydrogen (secondary N) is 3. The fourth-order valence-electron chi connectivity index (χ4n) is 2.48. The molecular formula is C19H20N6O3. The summed E-state index contributed by atoms with van der Waals surface area (Å²) < 4.78 is 1.24. The van der Waals surface area contributed by atoms with Crippen molar-refractivity contribution >= 4 is 11.8 Å². The van der Waals surface area contributed by atoms with Gasteiger partial charge in [0.1, 0.15) is 5.69 Å². The van der Waals surface area contributed by atoms with Gasteiger partial charge in [-0.1, -0.05) is 43.7 Å². The Morgan fingerprint density at radius 1 is 1.07 bits per heavy atom. The van der Waals surface area contributed by atoms with Gasteiger partial charge in [0.25, 0.3) is 17.4 Å². The van der Waals surface area contributed by atoms with E-state index in [-0.39, 0.29) is 16.9 Å². The number of rotatable bonds is 6. The monoisotopic (exact) mass is 380 g/mol. The van der Waals surface area contributed by atoms with Crippen LogP contribution in [-0.4, -0.2) is 31.8 Å². The van der Waals surface area contributed by atoms with Crippen molar-refractivity contribution in [2.45, 2.75) is 26.3 Å². The summed E-state index contributed by atoms with van der Waals surface area (Å²) >= 11 is 0. The van der Waals surface area contributed by atoms with Crippen LogP contribution in [0, 0.1) is 0 Å². The molecule has 1 aromatic carbocycles. The van der Waals surface area contributed by atoms with Crippen LogP contribution in [0.3, 0.4) is 0 Å². The van der Waals surface area contributed by atoms with E-state index >= 15 is 0 Å². The number of carbonyl (C=O) groups excluding carboxylic acids is 2. The standard InChI is InChI=1S/C19H20N6O3/c1-2-3-11-25-17(26)10-9-14(24-25)18(27)22-23-19(28)16-12-15(20-21-16)13-7-5-4-6-8-13/h4-10,12H,2-3,11H2,1H3,(H,20,21)(H,22,27)(H,23,28). The van der Waals surface area contributed by atoms with E-state index in [1.807, 2.05) is 37.3 Å². The third-order valence-corrected chi connectivity index (χ3v) is 4.00. The molecule has 0 atom stereocenters. The predicted octanol–water partition coefficient (Wildman–Crippen LogP) is 1.51. The van der Waals surface area contributed by atoms with Crippen LogP contribution in [0.1, 0.15) is 40.7 Å². The van der Waals surface area contributed by atoms with Crippen molar-refractivity contribution in [3.63, 3.8) is 0 Å². The van der Waals surface area contributed by atoms with Crippen molar-refractivity contribution in [1.82, 2.24) is 30.8 Å². The number of nitrogens with zero attached hydrogens (tertiary/aromatic N) is 3. The molecule has 3 aromatic rings. The first kappa shape index (κ1) is 19.0. The third-order valence-electron chi connectivity index (χ3n) is 4.00. The normalized spacial score (nSPS) is 10.5. The highest BCUT2D eigenvalue weighted by Gasteiger charge is 2.14. The summed E-state index contributed by atoms with van der Waals surface area (Å²) in [5, 5.41) is 10.8. The highest BCUT2D eigenvalue weighted by atomic mass is 16.2. The van der Waals surface area contributed by atoms with Crippen LogP contribution in [0.2, 0.25) is 0 Å². The first-order chi connectivity index (χ1) is 13.6. The Bertz CT molecular complexity index is 1030. The Morgan fingerprint density at radius 2 is 1.82 bits per heavy atom. The molecule has 144 valence electrons. The summed E-state index contributed by atoms with van der Waals surface area (Å²) in [4.78, 5) is 36.2. The van der Waals surface area contributed by atoms with Crippen LogP contribution in [0.25, 0.3) is 11.3 Å². The molecule has 2 aromatic heterocycles. The van der Waals surface area contributed by atoms with E-state index in [0.29, 0.717) is 12.2 Å². The lowest BCUT2D eigenvalue weighted by atomic mass is 10.1. The third kappa shape index (κ3) is 4.50. The molecule has 2 amide bonds. The van der Waals surface area contributed by atoms with Crippen molar-refractivity contribution in [2.24, 2.45) is 0 Å². The molecule has 2 heterocycles. The van der Waals surface area contributed by atoms with Crippen molar-refractivity contribution in [1.29, 1.82) is 0 Å². The Balaban J connectivity index is 1.62. The molecule has 0 unspecified atom stereocenters. The van der Waals surface area contributed by atoms with Gasteiger partial charge in [0.05, 0.1) is 5.69 Å². The average molecular weight is 380 g/mol. The number of aromatic nitrogens is 4. The topological polar surface area (TPSA) is 122 Å². The number of aromatic amines is 1. The number of amides is 2. The molecule has 0 fully saturated rings. The van der Waals surface area contributed by atoms with Gasteiger partial charge in [-0.3, -0.25) is 30.3 Å². The SMILES string of the molecule is CCCCn1nc(C(=O)NNC(=O)c2cc(-c3ccccc3)n[nH]2)ccc1=O. The van der Waals surface area contributed by atoms with Crippen LogP contribution >= 0.6 is 0 Å². The Kier molecular flexibility index (Phi) is 5.95. The van der Waals surface area contributed by atoms with Gasteiger partial charge in [0, 0.05) is 18.2 Å². The van der Waals surface area contributed by atoms with Crippen LogP contribution < -0.4 is 16.4 Å². The molecule has 0 saturated carbocycles. The van der Waals surface area contributed by atoms with Crippen molar-refractivity contribution < 1.29 is 9.59 Å². The first-order valence-electron chi connectivity index (χ1n) is 8.88. The van der Waals surface area contributed by atoms with Gasteiger partial charge < -0.3 is 0 Å². The van der Waals surface area contributed by atoms with Crippen molar-refractivity contribution in [3.8, 4) is 11.3 Å². The molecule has 9 heteroatoms. The van der Waals surface area contributed by atoms with Gasteiger partial charge in [0.2, 0.25) is 0 Å². The number of unbranched alkanes of at least 4 members (excludes halogenated alkanes) is 1. The molecule has 0 aliphatic rings. The average Bonchev–Trinajstić information content (AvgIpc) is 3.22. The molecule has 3 rings (SSSR count). The summed E-state index contributed by atoms with van der Waals surface area (Å²) in [7, 11) is 0. The van der Waals surface area contributed by atoms with Crippen LogP contribution in [0.4, 0.5) is 0 Å². The summed E-state index contributed by atoms with van der Waals surface area (Å²) in [5.41, 5.74) is 6.01. The summed E-state index contributed by atoms with van der Waals surface area (Å²) in [6, 6.07) is 13.6. The van der Waals surface area contributed by atoms with E-state index in [1.54, 1.807) is 6.07 Å². The molecule has 0 spiro atoms. The lowest BCUT2D eigenvalue weighted by Crippen LogP contribution is -2.42. The number of aryl methyl sites for hydroxylation is 1. The molecule has 0 aliphatic carbocycles. The van der Waals surface area contributed by atoms with Gasteiger partial charge >= 0.3 is 0 Å². The molecule has 0 saturated heterocycles. The lowest BCUT2D eigenvalue weighted by molar-refractivity contribution is 0.0840. The van der Waals surface area contributed by atoms with Gasteiger partial charge in [-0.15, -0.1) is 0 Å². The lowest BCUT2D eigenvalue weighted by Gasteiger charge is -2.08. The molecule has 0 aliphatic heterocycles. The van der Waals surface area contributed by atoms with E-state index in [4.69, 9.17) is 0 Å². The minimum Gasteiger partial charge on any atom is -0.272 e. The van der Waals surface area contributed by atoms with E-state index in [0.717, 1.165) is 18.4 Å². The summed E-state index contributed by atoms with van der Waals surface area (Å²) in [6.07, 6.45) is 1.67. The number of hydrogen-bond donors (Lipinski definition) is 3. The number of hydrazine groups is 1. The fourth-order valence-corrected chi connectivity index (χ4v) is 2.48. The quantitative estimate of drug-likeness (QED) is 0.560. The second-order valence-corrected chi connectivity index (χ2v) is 6.07. The molecule has 0 bridgehead atoms. The van der Waals surface area contributed by atoms with Crippen molar-refractivity contribution in [3.05, 3.63) is 70.3 Å². The Hall–Kier alpha value is -3.75. The zero-order valence-corrected chi connectivity index (χ0v) is 15.3. The first-order valence-corrected chi connectivity index (χ1v) is 8.88. The predicted molar refractivity (Wildman–Crippen MR) is 102 cm³/mol. The maximum absolute atomic E-state index is 12.2. The maximum Gasteiger partial charge on any atom is 0.290 e. The molecular weight excluding hydrogens is 360 g/mol. The zero-order chi connectivity index (χ0) is 19.9. The van der Waals surface area contributed by atoms with E-state index in [1.165, 1.54) is 16.8 Å². The second kappa shape index (κ2) is 8.76. The summed E-state index contributed by atoms with van der Waals surface area (Å²) in [6.45, 7) is 2.43. The maximum atomic E-state index is 12.2. The smallest absolute Gasteiger partial charge is 0.272 e. The van der Waals surface area contributed by atoms with Crippen LogP contribution in [0.5, 0.6) is 0 Å². The molecule has 9 nitrogen and oxygen atoms in total. The van der Waals surface area contributed by atoms with Gasteiger partial charge in [-0.25, -0.2) is 4.68 Å². The molecule has 28 heavy (non-hydrogen) atoms. The van der Waals surface area contributed by atoms with Gasteiger partial charge in [-0.2, -0.15) is 10.2 Å². The molecule has 0 radical (unpaired) electrons. The van der Waals surface area contributed by atoms with Crippen molar-refractivity contribution in [2.75, 3.05) is 0 Å². The number of hydrogen-bond acceptors (Lipinski definition) is 5. The molecule has 3 N–H and O–H groups in total. The highest BCUT2D eigenvalue weighted by Crippen LogP contribution is 2.16. The number of benzene rings is 1. The Morgan fingerprint density at radius 3 is 2.57 bits per heavy atom. The van der Waals surface area contributed by atoms with Gasteiger partial charge in [0.15, 0.2) is 5.69 Å². The van der Waals surface area contributed by atoms with Crippen LogP contribution in [-0.2, 0) is 6.54 Å². The minimum absolute atomic E-state index is 0.0330. The fraction of sp³-hybridized carbons (Fsp3) is 0.211. The largest absolute Gasteiger partial charge is 0.290 e. The van der Waals surface area contributed by atoms with Gasteiger partial charge in [-0.05, 0) is 18.6 Å². The minimum atomic E-state index is -0.624. The number of carbonyl (C=O) groups is 2.